The number of rotatable bonds is 4. The van der Waals surface area contributed by atoms with Crippen LogP contribution in [0, 0.1) is 10.1 Å². The highest BCUT2D eigenvalue weighted by Gasteiger charge is 2.14. The van der Waals surface area contributed by atoms with Crippen LogP contribution in [0.25, 0.3) is 0 Å². The van der Waals surface area contributed by atoms with Gasteiger partial charge in [-0.15, -0.1) is 0 Å². The first kappa shape index (κ1) is 12.2. The second-order valence-electron chi connectivity index (χ2n) is 4.03. The molecule has 6 heteroatoms. The standard InChI is InChI=1S/C11H15N3O2S/c15-14(16)11-5-4-9(7-13-11)12-8-10-3-1-2-6-17-10/h4-5,7,10,12H,1-3,6,8H2. The monoisotopic (exact) mass is 253 g/mol. The third-order valence-corrected chi connectivity index (χ3v) is 4.14. The molecular formula is C11H15N3O2S. The van der Waals surface area contributed by atoms with Gasteiger partial charge in [0.15, 0.2) is 6.20 Å². The minimum atomic E-state index is -0.485. The maximum atomic E-state index is 10.4. The Hall–Kier alpha value is -1.30. The Kier molecular flexibility index (Phi) is 4.19. The van der Waals surface area contributed by atoms with E-state index in [2.05, 4.69) is 10.3 Å². The van der Waals surface area contributed by atoms with Gasteiger partial charge in [0.25, 0.3) is 0 Å². The zero-order valence-electron chi connectivity index (χ0n) is 9.46. The summed E-state index contributed by atoms with van der Waals surface area (Å²) in [6.07, 6.45) is 5.39. The second kappa shape index (κ2) is 5.86. The third-order valence-electron chi connectivity index (χ3n) is 2.74. The fraction of sp³-hybridized carbons (Fsp3) is 0.545. The minimum absolute atomic E-state index is 0.109. The zero-order valence-corrected chi connectivity index (χ0v) is 10.3. The number of aromatic nitrogens is 1. The van der Waals surface area contributed by atoms with Crippen LogP contribution in [-0.2, 0) is 0 Å². The lowest BCUT2D eigenvalue weighted by atomic mass is 10.2. The number of anilines is 1. The van der Waals surface area contributed by atoms with E-state index in [1.165, 1.54) is 37.3 Å². The summed E-state index contributed by atoms with van der Waals surface area (Å²) < 4.78 is 0. The molecule has 0 aromatic carbocycles. The summed E-state index contributed by atoms with van der Waals surface area (Å²) in [6, 6.07) is 3.13. The first-order valence-electron chi connectivity index (χ1n) is 5.71. The van der Waals surface area contributed by atoms with Crippen LogP contribution in [0.15, 0.2) is 18.3 Å². The van der Waals surface area contributed by atoms with Crippen molar-refractivity contribution < 1.29 is 4.92 Å². The third kappa shape index (κ3) is 3.59. The van der Waals surface area contributed by atoms with Crippen molar-refractivity contribution in [2.24, 2.45) is 0 Å². The van der Waals surface area contributed by atoms with Crippen molar-refractivity contribution in [2.45, 2.75) is 24.5 Å². The molecule has 0 bridgehead atoms. The van der Waals surface area contributed by atoms with E-state index in [-0.39, 0.29) is 5.82 Å². The van der Waals surface area contributed by atoms with Crippen molar-refractivity contribution in [3.05, 3.63) is 28.4 Å². The van der Waals surface area contributed by atoms with Crippen LogP contribution in [0.2, 0.25) is 0 Å². The topological polar surface area (TPSA) is 68.1 Å². The average molecular weight is 253 g/mol. The number of nitrogens with one attached hydrogen (secondary N) is 1. The Morgan fingerprint density at radius 3 is 3.00 bits per heavy atom. The molecule has 1 aliphatic heterocycles. The molecule has 0 saturated carbocycles. The quantitative estimate of drug-likeness (QED) is 0.660. The van der Waals surface area contributed by atoms with E-state index in [1.807, 2.05) is 11.8 Å². The molecule has 1 saturated heterocycles. The summed E-state index contributed by atoms with van der Waals surface area (Å²) in [5, 5.41) is 14.4. The molecule has 0 spiro atoms. The van der Waals surface area contributed by atoms with Gasteiger partial charge in [0.1, 0.15) is 0 Å². The Morgan fingerprint density at radius 2 is 2.41 bits per heavy atom. The number of nitrogens with zero attached hydrogens (tertiary/aromatic N) is 2. The van der Waals surface area contributed by atoms with Crippen molar-refractivity contribution in [3.8, 4) is 0 Å². The smallest absolute Gasteiger partial charge is 0.363 e. The molecule has 0 amide bonds. The highest BCUT2D eigenvalue weighted by Crippen LogP contribution is 2.25. The van der Waals surface area contributed by atoms with Gasteiger partial charge in [0.05, 0.1) is 5.69 Å². The summed E-state index contributed by atoms with van der Waals surface area (Å²) >= 11 is 2.00. The Balaban J connectivity index is 1.84. The fourth-order valence-corrected chi connectivity index (χ4v) is 3.04. The SMILES string of the molecule is O=[N+]([O-])c1ccc(NCC2CCCCS2)cn1. The lowest BCUT2D eigenvalue weighted by Crippen LogP contribution is -2.20. The summed E-state index contributed by atoms with van der Waals surface area (Å²) in [4.78, 5) is 13.7. The molecule has 1 aromatic rings. The van der Waals surface area contributed by atoms with Gasteiger partial charge in [0.2, 0.25) is 0 Å². The Labute approximate surface area is 104 Å². The van der Waals surface area contributed by atoms with Crippen molar-refractivity contribution in [2.75, 3.05) is 17.6 Å². The molecule has 1 fully saturated rings. The molecule has 0 radical (unpaired) electrons. The lowest BCUT2D eigenvalue weighted by molar-refractivity contribution is -0.389. The van der Waals surface area contributed by atoms with Crippen molar-refractivity contribution >= 4 is 23.3 Å². The van der Waals surface area contributed by atoms with Crippen LogP contribution in [0.1, 0.15) is 19.3 Å². The Morgan fingerprint density at radius 1 is 1.53 bits per heavy atom. The van der Waals surface area contributed by atoms with E-state index in [9.17, 15) is 10.1 Å². The summed E-state index contributed by atoms with van der Waals surface area (Å²) in [7, 11) is 0. The molecular weight excluding hydrogens is 238 g/mol. The highest BCUT2D eigenvalue weighted by atomic mass is 32.2. The van der Waals surface area contributed by atoms with Crippen LogP contribution in [0.3, 0.4) is 0 Å². The van der Waals surface area contributed by atoms with Gasteiger partial charge in [-0.05, 0) is 34.6 Å². The maximum absolute atomic E-state index is 10.4. The summed E-state index contributed by atoms with van der Waals surface area (Å²) in [5.74, 6) is 1.13. The molecule has 1 aliphatic rings. The van der Waals surface area contributed by atoms with Crippen LogP contribution < -0.4 is 5.32 Å². The van der Waals surface area contributed by atoms with Crippen LogP contribution in [0.4, 0.5) is 11.5 Å². The fourth-order valence-electron chi connectivity index (χ4n) is 1.80. The van der Waals surface area contributed by atoms with Crippen LogP contribution >= 0.6 is 11.8 Å². The molecule has 5 nitrogen and oxygen atoms in total. The average Bonchev–Trinajstić information content (AvgIpc) is 2.38. The van der Waals surface area contributed by atoms with Crippen LogP contribution in [0.5, 0.6) is 0 Å². The largest absolute Gasteiger partial charge is 0.381 e. The Bertz CT molecular complexity index is 377. The lowest BCUT2D eigenvalue weighted by Gasteiger charge is -2.21. The molecule has 1 N–H and O–H groups in total. The van der Waals surface area contributed by atoms with Gasteiger partial charge in [0, 0.05) is 17.9 Å². The molecule has 2 rings (SSSR count). The normalized spacial score (nSPS) is 19.9. The molecule has 1 unspecified atom stereocenters. The van der Waals surface area contributed by atoms with Gasteiger partial charge < -0.3 is 15.4 Å². The molecule has 2 heterocycles. The van der Waals surface area contributed by atoms with Gasteiger partial charge in [-0.25, -0.2) is 0 Å². The van der Waals surface area contributed by atoms with Gasteiger partial charge >= 0.3 is 5.82 Å². The number of thioether (sulfide) groups is 1. The van der Waals surface area contributed by atoms with E-state index in [4.69, 9.17) is 0 Å². The minimum Gasteiger partial charge on any atom is -0.381 e. The van der Waals surface area contributed by atoms with E-state index in [0.29, 0.717) is 5.25 Å². The first-order valence-corrected chi connectivity index (χ1v) is 6.76. The van der Waals surface area contributed by atoms with E-state index >= 15 is 0 Å². The number of pyridine rings is 1. The maximum Gasteiger partial charge on any atom is 0.363 e. The van der Waals surface area contributed by atoms with Crippen molar-refractivity contribution in [3.63, 3.8) is 0 Å². The highest BCUT2D eigenvalue weighted by molar-refractivity contribution is 7.99. The number of nitro groups is 1. The van der Waals surface area contributed by atoms with E-state index in [1.54, 1.807) is 6.07 Å². The second-order valence-corrected chi connectivity index (χ2v) is 5.44. The van der Waals surface area contributed by atoms with Crippen LogP contribution in [-0.4, -0.2) is 27.5 Å². The molecule has 1 aromatic heterocycles. The predicted octanol–water partition coefficient (Wildman–Crippen LogP) is 2.69. The van der Waals surface area contributed by atoms with Gasteiger partial charge in [-0.1, -0.05) is 6.42 Å². The first-order chi connectivity index (χ1) is 8.25. The van der Waals surface area contributed by atoms with E-state index in [0.717, 1.165) is 12.2 Å². The molecule has 1 atom stereocenters. The molecule has 0 aliphatic carbocycles. The van der Waals surface area contributed by atoms with Crippen molar-refractivity contribution in [1.29, 1.82) is 0 Å². The van der Waals surface area contributed by atoms with Gasteiger partial charge in [-0.2, -0.15) is 11.8 Å². The summed E-state index contributed by atoms with van der Waals surface area (Å²) in [5.41, 5.74) is 0.849. The summed E-state index contributed by atoms with van der Waals surface area (Å²) in [6.45, 7) is 0.907. The molecule has 92 valence electrons. The predicted molar refractivity (Wildman–Crippen MR) is 69.5 cm³/mol. The van der Waals surface area contributed by atoms with Gasteiger partial charge in [-0.3, -0.25) is 0 Å². The zero-order chi connectivity index (χ0) is 12.1. The number of hydrogen-bond donors (Lipinski definition) is 1. The molecule has 17 heavy (non-hydrogen) atoms. The van der Waals surface area contributed by atoms with Crippen molar-refractivity contribution in [1.82, 2.24) is 4.98 Å². The number of hydrogen-bond acceptors (Lipinski definition) is 5. The van der Waals surface area contributed by atoms with E-state index < -0.39 is 4.92 Å².